The molecule has 6 heteroatoms. The van der Waals surface area contributed by atoms with Gasteiger partial charge in [0.2, 0.25) is 0 Å². The normalized spacial score (nSPS) is 31.8. The molecule has 4 saturated carbocycles. The number of nitrogens with one attached hydrogen (secondary N) is 2. The maximum absolute atomic E-state index is 12.9. The van der Waals surface area contributed by atoms with Crippen molar-refractivity contribution < 1.29 is 19.1 Å². The average Bonchev–Trinajstić information content (AvgIpc) is 2.65. The quantitative estimate of drug-likeness (QED) is 0.630. The maximum Gasteiger partial charge on any atom is 0.312 e. The highest BCUT2D eigenvalue weighted by Gasteiger charge is 2.55. The zero-order valence-electron chi connectivity index (χ0n) is 15.6. The summed E-state index contributed by atoms with van der Waals surface area (Å²) in [4.78, 5) is 37.1. The van der Waals surface area contributed by atoms with Crippen LogP contribution >= 0.6 is 0 Å². The lowest BCUT2D eigenvalue weighted by Gasteiger charge is -2.55. The third-order valence-corrected chi connectivity index (χ3v) is 6.46. The van der Waals surface area contributed by atoms with Gasteiger partial charge in [-0.2, -0.15) is 0 Å². The molecule has 4 bridgehead atoms. The summed E-state index contributed by atoms with van der Waals surface area (Å²) >= 11 is 0. The standard InChI is InChI=1S/C21H26N2O4/c1-13(18(24)22-23-19(25)17-5-3-2-4-6-17)27-20(26)21-10-14-7-15(11-21)9-16(8-14)12-21/h2-6,13-16H,7-12H2,1H3,(H,22,24)(H,23,25)/t13-,14?,15?,16?,21?/m1/s1. The third kappa shape index (κ3) is 3.57. The molecule has 6 nitrogen and oxygen atoms in total. The molecule has 0 unspecified atom stereocenters. The Hall–Kier alpha value is -2.37. The van der Waals surface area contributed by atoms with Crippen LogP contribution in [-0.2, 0) is 14.3 Å². The summed E-state index contributed by atoms with van der Waals surface area (Å²) in [6.45, 7) is 1.54. The first-order valence-electron chi connectivity index (χ1n) is 9.81. The molecule has 0 aliphatic heterocycles. The lowest BCUT2D eigenvalue weighted by atomic mass is 9.49. The molecular weight excluding hydrogens is 344 g/mol. The van der Waals surface area contributed by atoms with E-state index in [1.807, 2.05) is 0 Å². The number of amides is 2. The van der Waals surface area contributed by atoms with Crippen molar-refractivity contribution in [2.75, 3.05) is 0 Å². The molecule has 0 radical (unpaired) electrons. The Labute approximate surface area is 159 Å². The van der Waals surface area contributed by atoms with Crippen molar-refractivity contribution in [1.82, 2.24) is 10.9 Å². The molecule has 5 rings (SSSR count). The van der Waals surface area contributed by atoms with E-state index in [0.717, 1.165) is 19.3 Å². The van der Waals surface area contributed by atoms with Gasteiger partial charge in [-0.15, -0.1) is 0 Å². The Morgan fingerprint density at radius 3 is 2.07 bits per heavy atom. The van der Waals surface area contributed by atoms with Gasteiger partial charge in [0.15, 0.2) is 6.10 Å². The van der Waals surface area contributed by atoms with Gasteiger partial charge in [-0.05, 0) is 75.3 Å². The van der Waals surface area contributed by atoms with E-state index in [1.165, 1.54) is 19.3 Å². The third-order valence-electron chi connectivity index (χ3n) is 6.46. The van der Waals surface area contributed by atoms with Gasteiger partial charge in [0.05, 0.1) is 5.41 Å². The smallest absolute Gasteiger partial charge is 0.312 e. The van der Waals surface area contributed by atoms with Gasteiger partial charge in [0, 0.05) is 5.56 Å². The first-order chi connectivity index (χ1) is 12.9. The summed E-state index contributed by atoms with van der Waals surface area (Å²) in [5.74, 6) is 0.730. The van der Waals surface area contributed by atoms with Crippen LogP contribution in [-0.4, -0.2) is 23.9 Å². The highest BCUT2D eigenvalue weighted by molar-refractivity contribution is 5.95. The Morgan fingerprint density at radius 2 is 1.52 bits per heavy atom. The predicted octanol–water partition coefficient (Wildman–Crippen LogP) is 2.60. The van der Waals surface area contributed by atoms with Gasteiger partial charge < -0.3 is 4.74 Å². The number of ether oxygens (including phenoxy) is 1. The van der Waals surface area contributed by atoms with Crippen LogP contribution in [0.2, 0.25) is 0 Å². The van der Waals surface area contributed by atoms with E-state index < -0.39 is 23.3 Å². The van der Waals surface area contributed by atoms with E-state index in [0.29, 0.717) is 23.3 Å². The molecule has 4 aliphatic rings. The molecule has 0 heterocycles. The molecule has 0 aromatic heterocycles. The Bertz CT molecular complexity index is 711. The zero-order chi connectivity index (χ0) is 19.0. The van der Waals surface area contributed by atoms with Crippen LogP contribution in [0, 0.1) is 23.2 Å². The van der Waals surface area contributed by atoms with Crippen LogP contribution in [0.5, 0.6) is 0 Å². The number of hydrogen-bond acceptors (Lipinski definition) is 4. The summed E-state index contributed by atoms with van der Waals surface area (Å²) < 4.78 is 5.53. The maximum atomic E-state index is 12.9. The number of hydrazine groups is 1. The molecular formula is C21H26N2O4. The van der Waals surface area contributed by atoms with Gasteiger partial charge in [0.25, 0.3) is 11.8 Å². The molecule has 1 aromatic rings. The number of esters is 1. The van der Waals surface area contributed by atoms with E-state index in [4.69, 9.17) is 4.74 Å². The molecule has 4 fully saturated rings. The van der Waals surface area contributed by atoms with Crippen LogP contribution < -0.4 is 10.9 Å². The largest absolute Gasteiger partial charge is 0.452 e. The first kappa shape index (κ1) is 18.0. The van der Waals surface area contributed by atoms with Crippen LogP contribution in [0.1, 0.15) is 55.8 Å². The number of carbonyl (C=O) groups is 3. The highest BCUT2D eigenvalue weighted by atomic mass is 16.5. The van der Waals surface area contributed by atoms with Crippen LogP contribution in [0.3, 0.4) is 0 Å². The highest BCUT2D eigenvalue weighted by Crippen LogP contribution is 2.60. The average molecular weight is 370 g/mol. The van der Waals surface area contributed by atoms with Gasteiger partial charge >= 0.3 is 5.97 Å². The van der Waals surface area contributed by atoms with Gasteiger partial charge in [-0.1, -0.05) is 18.2 Å². The van der Waals surface area contributed by atoms with Crippen LogP contribution in [0.15, 0.2) is 30.3 Å². The fraction of sp³-hybridized carbons (Fsp3) is 0.571. The molecule has 1 atom stereocenters. The van der Waals surface area contributed by atoms with E-state index in [-0.39, 0.29) is 5.97 Å². The van der Waals surface area contributed by atoms with E-state index in [9.17, 15) is 14.4 Å². The SMILES string of the molecule is C[C@@H](OC(=O)C12CC3CC(CC(C3)C1)C2)C(=O)NNC(=O)c1ccccc1. The van der Waals surface area contributed by atoms with Crippen molar-refractivity contribution in [3.05, 3.63) is 35.9 Å². The van der Waals surface area contributed by atoms with Crippen LogP contribution in [0.25, 0.3) is 0 Å². The molecule has 2 N–H and O–H groups in total. The molecule has 4 aliphatic carbocycles. The fourth-order valence-corrected chi connectivity index (χ4v) is 5.58. The van der Waals surface area contributed by atoms with Crippen molar-refractivity contribution >= 4 is 17.8 Å². The topological polar surface area (TPSA) is 84.5 Å². The van der Waals surface area contributed by atoms with E-state index in [1.54, 1.807) is 37.3 Å². The second kappa shape index (κ2) is 6.98. The monoisotopic (exact) mass is 370 g/mol. The molecule has 144 valence electrons. The minimum atomic E-state index is -0.943. The molecule has 2 amide bonds. The lowest BCUT2D eigenvalue weighted by Crippen LogP contribution is -2.52. The second-order valence-corrected chi connectivity index (χ2v) is 8.55. The fourth-order valence-electron chi connectivity index (χ4n) is 5.58. The summed E-state index contributed by atoms with van der Waals surface area (Å²) in [6.07, 6.45) is 5.49. The minimum absolute atomic E-state index is 0.237. The Balaban J connectivity index is 1.31. The van der Waals surface area contributed by atoms with Crippen molar-refractivity contribution in [3.8, 4) is 0 Å². The van der Waals surface area contributed by atoms with E-state index in [2.05, 4.69) is 10.9 Å². The van der Waals surface area contributed by atoms with Crippen molar-refractivity contribution in [3.63, 3.8) is 0 Å². The van der Waals surface area contributed by atoms with Crippen molar-refractivity contribution in [2.24, 2.45) is 23.2 Å². The number of hydrogen-bond donors (Lipinski definition) is 2. The predicted molar refractivity (Wildman–Crippen MR) is 98.2 cm³/mol. The Kier molecular flexibility index (Phi) is 4.66. The van der Waals surface area contributed by atoms with Gasteiger partial charge in [-0.3, -0.25) is 25.2 Å². The molecule has 1 aromatic carbocycles. The van der Waals surface area contributed by atoms with Gasteiger partial charge in [0.1, 0.15) is 0 Å². The molecule has 0 spiro atoms. The Morgan fingerprint density at radius 1 is 0.963 bits per heavy atom. The minimum Gasteiger partial charge on any atom is -0.452 e. The molecule has 27 heavy (non-hydrogen) atoms. The summed E-state index contributed by atoms with van der Waals surface area (Å²) in [5.41, 5.74) is 4.75. The number of rotatable bonds is 4. The molecule has 0 saturated heterocycles. The summed E-state index contributed by atoms with van der Waals surface area (Å²) in [7, 11) is 0. The summed E-state index contributed by atoms with van der Waals surface area (Å²) in [5, 5.41) is 0. The summed E-state index contributed by atoms with van der Waals surface area (Å²) in [6, 6.07) is 8.59. The second-order valence-electron chi connectivity index (χ2n) is 8.55. The van der Waals surface area contributed by atoms with Crippen molar-refractivity contribution in [2.45, 2.75) is 51.6 Å². The zero-order valence-corrected chi connectivity index (χ0v) is 15.6. The first-order valence-corrected chi connectivity index (χ1v) is 9.81. The van der Waals surface area contributed by atoms with E-state index >= 15 is 0 Å². The van der Waals surface area contributed by atoms with Crippen molar-refractivity contribution in [1.29, 1.82) is 0 Å². The van der Waals surface area contributed by atoms with Crippen LogP contribution in [0.4, 0.5) is 0 Å². The number of benzene rings is 1. The van der Waals surface area contributed by atoms with Gasteiger partial charge in [-0.25, -0.2) is 0 Å². The number of carbonyl (C=O) groups excluding carboxylic acids is 3. The lowest BCUT2D eigenvalue weighted by molar-refractivity contribution is -0.178.